The van der Waals surface area contributed by atoms with Crippen LogP contribution in [0.3, 0.4) is 0 Å². The minimum Gasteiger partial charge on any atom is -0.409 e. The van der Waals surface area contributed by atoms with Crippen molar-refractivity contribution in [1.82, 2.24) is 5.32 Å². The number of hydrogen-bond acceptors (Lipinski definition) is 3. The van der Waals surface area contributed by atoms with E-state index in [1.807, 2.05) is 13.8 Å². The molecule has 1 rings (SSSR count). The van der Waals surface area contributed by atoms with Crippen LogP contribution in [-0.2, 0) is 0 Å². The Hall–Kier alpha value is -0.770. The van der Waals surface area contributed by atoms with Crippen molar-refractivity contribution >= 4 is 5.84 Å². The van der Waals surface area contributed by atoms with Gasteiger partial charge in [-0.1, -0.05) is 45.7 Å². The zero-order valence-electron chi connectivity index (χ0n) is 13.0. The molecule has 1 unspecified atom stereocenters. The van der Waals surface area contributed by atoms with Gasteiger partial charge in [-0.3, -0.25) is 0 Å². The van der Waals surface area contributed by atoms with Crippen molar-refractivity contribution in [3.05, 3.63) is 0 Å². The smallest absolute Gasteiger partial charge is 0.144 e. The Balaban J connectivity index is 2.31. The summed E-state index contributed by atoms with van der Waals surface area (Å²) in [6.07, 6.45) is 7.30. The van der Waals surface area contributed by atoms with E-state index in [9.17, 15) is 0 Å². The van der Waals surface area contributed by atoms with Gasteiger partial charge in [0.1, 0.15) is 5.84 Å². The molecule has 19 heavy (non-hydrogen) atoms. The summed E-state index contributed by atoms with van der Waals surface area (Å²) < 4.78 is 0. The first-order valence-electron chi connectivity index (χ1n) is 7.51. The molecule has 0 spiro atoms. The van der Waals surface area contributed by atoms with Crippen molar-refractivity contribution in [3.8, 4) is 0 Å². The van der Waals surface area contributed by atoms with Crippen molar-refractivity contribution < 1.29 is 5.21 Å². The fraction of sp³-hybridized carbons (Fsp3) is 0.933. The molecule has 0 bridgehead atoms. The molecule has 1 aliphatic carbocycles. The summed E-state index contributed by atoms with van der Waals surface area (Å²) >= 11 is 0. The van der Waals surface area contributed by atoms with E-state index >= 15 is 0 Å². The molecule has 0 amide bonds. The van der Waals surface area contributed by atoms with Crippen LogP contribution in [0.15, 0.2) is 5.16 Å². The van der Waals surface area contributed by atoms with Gasteiger partial charge >= 0.3 is 0 Å². The third-order valence-corrected chi connectivity index (χ3v) is 4.68. The second kappa shape index (κ2) is 6.60. The minimum absolute atomic E-state index is 0.224. The quantitative estimate of drug-likeness (QED) is 0.228. The maximum absolute atomic E-state index is 8.75. The maximum Gasteiger partial charge on any atom is 0.144 e. The summed E-state index contributed by atoms with van der Waals surface area (Å²) in [4.78, 5) is 0. The van der Waals surface area contributed by atoms with E-state index in [-0.39, 0.29) is 5.41 Å². The van der Waals surface area contributed by atoms with Crippen LogP contribution >= 0.6 is 0 Å². The first-order chi connectivity index (χ1) is 8.79. The Kier molecular flexibility index (Phi) is 5.65. The molecule has 1 saturated carbocycles. The van der Waals surface area contributed by atoms with Gasteiger partial charge in [-0.25, -0.2) is 0 Å². The number of nitrogens with zero attached hydrogens (tertiary/aromatic N) is 1. The summed E-state index contributed by atoms with van der Waals surface area (Å²) in [5.74, 6) is 0.325. The number of rotatable bonds is 6. The minimum atomic E-state index is -0.224. The molecule has 1 atom stereocenters. The van der Waals surface area contributed by atoms with E-state index in [1.54, 1.807) is 0 Å². The van der Waals surface area contributed by atoms with Gasteiger partial charge in [-0.15, -0.1) is 0 Å². The molecule has 0 heterocycles. The number of oxime groups is 1. The fourth-order valence-electron chi connectivity index (χ4n) is 2.94. The molecule has 0 aromatic carbocycles. The van der Waals surface area contributed by atoms with Gasteiger partial charge in [0.2, 0.25) is 0 Å². The normalized spacial score (nSPS) is 24.4. The predicted octanol–water partition coefficient (Wildman–Crippen LogP) is 3.10. The molecule has 1 aliphatic rings. The van der Waals surface area contributed by atoms with Crippen LogP contribution in [0.5, 0.6) is 0 Å². The highest BCUT2D eigenvalue weighted by atomic mass is 16.4. The molecule has 4 heteroatoms. The van der Waals surface area contributed by atoms with Crippen molar-refractivity contribution in [2.75, 3.05) is 6.54 Å². The van der Waals surface area contributed by atoms with Crippen molar-refractivity contribution in [2.24, 2.45) is 21.7 Å². The zero-order chi connectivity index (χ0) is 14.5. The Morgan fingerprint density at radius 1 is 1.42 bits per heavy atom. The monoisotopic (exact) mass is 269 g/mol. The number of nitrogens with two attached hydrogens (primary N) is 1. The third-order valence-electron chi connectivity index (χ3n) is 4.68. The van der Waals surface area contributed by atoms with Gasteiger partial charge in [0.15, 0.2) is 0 Å². The maximum atomic E-state index is 8.75. The van der Waals surface area contributed by atoms with Gasteiger partial charge in [-0.05, 0) is 37.6 Å². The van der Waals surface area contributed by atoms with E-state index < -0.39 is 0 Å². The highest BCUT2D eigenvalue weighted by Gasteiger charge is 2.31. The Bertz CT molecular complexity index is 311. The van der Waals surface area contributed by atoms with E-state index in [4.69, 9.17) is 10.9 Å². The van der Waals surface area contributed by atoms with E-state index in [0.717, 1.165) is 19.4 Å². The van der Waals surface area contributed by atoms with Crippen LogP contribution in [-0.4, -0.2) is 23.6 Å². The largest absolute Gasteiger partial charge is 0.409 e. The summed E-state index contributed by atoms with van der Waals surface area (Å²) in [6.45, 7) is 9.78. The van der Waals surface area contributed by atoms with Crippen LogP contribution in [0.2, 0.25) is 0 Å². The van der Waals surface area contributed by atoms with Crippen LogP contribution in [0, 0.1) is 10.8 Å². The average Bonchev–Trinajstić information content (AvgIpc) is 2.34. The molecule has 4 N–H and O–H groups in total. The second-order valence-corrected chi connectivity index (χ2v) is 7.21. The predicted molar refractivity (Wildman–Crippen MR) is 80.5 cm³/mol. The van der Waals surface area contributed by atoms with Crippen molar-refractivity contribution in [3.63, 3.8) is 0 Å². The lowest BCUT2D eigenvalue weighted by molar-refractivity contribution is 0.167. The average molecular weight is 269 g/mol. The first kappa shape index (κ1) is 16.3. The highest BCUT2D eigenvalue weighted by Crippen LogP contribution is 2.35. The Labute approximate surface area is 117 Å². The first-order valence-corrected chi connectivity index (χ1v) is 7.51. The van der Waals surface area contributed by atoms with Gasteiger partial charge < -0.3 is 16.3 Å². The lowest BCUT2D eigenvalue weighted by Crippen LogP contribution is -2.44. The Morgan fingerprint density at radius 2 is 2.11 bits per heavy atom. The van der Waals surface area contributed by atoms with Gasteiger partial charge in [0.05, 0.1) is 0 Å². The van der Waals surface area contributed by atoms with Gasteiger partial charge in [0.25, 0.3) is 0 Å². The standard InChI is InChI=1S/C15H31N3O/c1-14(2)9-6-5-8-12(14)17-11-7-10-15(3,4)13(16)18-19/h12,17,19H,5-11H2,1-4H3,(H2,16,18). The molecule has 0 aromatic heterocycles. The molecule has 0 radical (unpaired) electrons. The Morgan fingerprint density at radius 3 is 2.68 bits per heavy atom. The molecule has 4 nitrogen and oxygen atoms in total. The number of nitrogens with one attached hydrogen (secondary N) is 1. The lowest BCUT2D eigenvalue weighted by Gasteiger charge is -2.39. The van der Waals surface area contributed by atoms with Crippen LogP contribution in [0.4, 0.5) is 0 Å². The van der Waals surface area contributed by atoms with Crippen molar-refractivity contribution in [2.45, 2.75) is 72.3 Å². The fourth-order valence-corrected chi connectivity index (χ4v) is 2.94. The molecular formula is C15H31N3O. The SMILES string of the molecule is CC(C)(CCCNC1CCCCC1(C)C)C(N)=NO. The van der Waals surface area contributed by atoms with Crippen LogP contribution < -0.4 is 11.1 Å². The molecule has 0 saturated heterocycles. The topological polar surface area (TPSA) is 70.6 Å². The highest BCUT2D eigenvalue weighted by molar-refractivity contribution is 5.85. The molecule has 112 valence electrons. The lowest BCUT2D eigenvalue weighted by atomic mass is 9.73. The van der Waals surface area contributed by atoms with Crippen LogP contribution in [0.25, 0.3) is 0 Å². The summed E-state index contributed by atoms with van der Waals surface area (Å²) in [7, 11) is 0. The summed E-state index contributed by atoms with van der Waals surface area (Å²) in [5, 5.41) is 15.6. The number of amidine groups is 1. The van der Waals surface area contributed by atoms with Crippen molar-refractivity contribution in [1.29, 1.82) is 0 Å². The van der Waals surface area contributed by atoms with E-state index in [1.165, 1.54) is 25.7 Å². The number of hydrogen-bond donors (Lipinski definition) is 3. The molecular weight excluding hydrogens is 238 g/mol. The molecule has 0 aromatic rings. The van der Waals surface area contributed by atoms with E-state index in [2.05, 4.69) is 24.3 Å². The summed E-state index contributed by atoms with van der Waals surface area (Å²) in [6, 6.07) is 0.633. The second-order valence-electron chi connectivity index (χ2n) is 7.21. The van der Waals surface area contributed by atoms with E-state index in [0.29, 0.717) is 17.3 Å². The third kappa shape index (κ3) is 4.68. The van der Waals surface area contributed by atoms with Gasteiger partial charge in [0, 0.05) is 11.5 Å². The van der Waals surface area contributed by atoms with Gasteiger partial charge in [-0.2, -0.15) is 0 Å². The van der Waals surface area contributed by atoms with Crippen LogP contribution in [0.1, 0.15) is 66.2 Å². The zero-order valence-corrected chi connectivity index (χ0v) is 13.0. The summed E-state index contributed by atoms with van der Waals surface area (Å²) in [5.41, 5.74) is 5.89. The molecule has 0 aliphatic heterocycles. The molecule has 1 fully saturated rings.